The number of carbonyl (C=O) groups excluding carboxylic acids is 2. The summed E-state index contributed by atoms with van der Waals surface area (Å²) in [6.45, 7) is 2.20. The standard InChI is InChI=1S/C18H19ClN4O2/c19-14-3-1-13(2-4-14)11-21-18(25)22-15-5-7-16(8-6-15)23-10-9-20-17(24)12-23/h1-8H,9-12H2,(H,20,24)(H2,21,22,25). The van der Waals surface area contributed by atoms with Gasteiger partial charge in [-0.1, -0.05) is 23.7 Å². The fraction of sp³-hybridized carbons (Fsp3) is 0.222. The van der Waals surface area contributed by atoms with Gasteiger partial charge < -0.3 is 20.9 Å². The molecule has 1 saturated heterocycles. The first kappa shape index (κ1) is 17.1. The van der Waals surface area contributed by atoms with Crippen molar-refractivity contribution in [3.05, 3.63) is 59.1 Å². The third-order valence-electron chi connectivity index (χ3n) is 3.90. The van der Waals surface area contributed by atoms with Crippen molar-refractivity contribution in [3.63, 3.8) is 0 Å². The first-order valence-electron chi connectivity index (χ1n) is 8.01. The molecule has 0 bridgehead atoms. The Kier molecular flexibility index (Phi) is 5.40. The molecule has 1 heterocycles. The average molecular weight is 359 g/mol. The van der Waals surface area contributed by atoms with E-state index in [-0.39, 0.29) is 11.9 Å². The number of urea groups is 1. The van der Waals surface area contributed by atoms with E-state index < -0.39 is 0 Å². The molecule has 3 N–H and O–H groups in total. The molecule has 6 nitrogen and oxygen atoms in total. The Morgan fingerprint density at radius 3 is 2.52 bits per heavy atom. The normalized spacial score (nSPS) is 14.0. The topological polar surface area (TPSA) is 73.5 Å². The fourth-order valence-corrected chi connectivity index (χ4v) is 2.70. The van der Waals surface area contributed by atoms with E-state index in [1.165, 1.54) is 0 Å². The minimum absolute atomic E-state index is 0.0232. The third kappa shape index (κ3) is 4.87. The molecule has 1 aliphatic rings. The number of amides is 3. The smallest absolute Gasteiger partial charge is 0.319 e. The van der Waals surface area contributed by atoms with Crippen molar-refractivity contribution in [2.45, 2.75) is 6.54 Å². The summed E-state index contributed by atoms with van der Waals surface area (Å²) in [5.41, 5.74) is 2.62. The molecule has 0 aliphatic carbocycles. The van der Waals surface area contributed by atoms with Crippen molar-refractivity contribution in [2.75, 3.05) is 29.9 Å². The number of piperazine rings is 1. The average Bonchev–Trinajstić information content (AvgIpc) is 2.62. The van der Waals surface area contributed by atoms with Crippen LogP contribution in [0.3, 0.4) is 0 Å². The third-order valence-corrected chi connectivity index (χ3v) is 4.15. The monoisotopic (exact) mass is 358 g/mol. The minimum Gasteiger partial charge on any atom is -0.360 e. The highest BCUT2D eigenvalue weighted by atomic mass is 35.5. The van der Waals surface area contributed by atoms with Crippen LogP contribution in [0.2, 0.25) is 5.02 Å². The molecular formula is C18H19ClN4O2. The lowest BCUT2D eigenvalue weighted by atomic mass is 10.2. The van der Waals surface area contributed by atoms with Gasteiger partial charge in [0.05, 0.1) is 6.54 Å². The van der Waals surface area contributed by atoms with Crippen molar-refractivity contribution < 1.29 is 9.59 Å². The maximum Gasteiger partial charge on any atom is 0.319 e. The number of nitrogens with zero attached hydrogens (tertiary/aromatic N) is 1. The molecule has 3 amide bonds. The van der Waals surface area contributed by atoms with Crippen LogP contribution in [-0.4, -0.2) is 31.6 Å². The van der Waals surface area contributed by atoms with Gasteiger partial charge in [0.25, 0.3) is 0 Å². The zero-order valence-electron chi connectivity index (χ0n) is 13.6. The summed E-state index contributed by atoms with van der Waals surface area (Å²) in [5.74, 6) is 0.0232. The van der Waals surface area contributed by atoms with Gasteiger partial charge in [-0.25, -0.2) is 4.79 Å². The van der Waals surface area contributed by atoms with Gasteiger partial charge in [0.2, 0.25) is 5.91 Å². The maximum absolute atomic E-state index is 12.0. The van der Waals surface area contributed by atoms with Gasteiger partial charge in [-0.05, 0) is 42.0 Å². The van der Waals surface area contributed by atoms with Crippen LogP contribution < -0.4 is 20.9 Å². The van der Waals surface area contributed by atoms with Gasteiger partial charge in [-0.15, -0.1) is 0 Å². The van der Waals surface area contributed by atoms with E-state index in [9.17, 15) is 9.59 Å². The zero-order chi connectivity index (χ0) is 17.6. The molecule has 0 atom stereocenters. The summed E-state index contributed by atoms with van der Waals surface area (Å²) in [7, 11) is 0. The van der Waals surface area contributed by atoms with Gasteiger partial charge in [-0.3, -0.25) is 4.79 Å². The van der Waals surface area contributed by atoms with Crippen molar-refractivity contribution >= 4 is 34.9 Å². The summed E-state index contributed by atoms with van der Waals surface area (Å²) < 4.78 is 0. The molecule has 1 aliphatic heterocycles. The molecular weight excluding hydrogens is 340 g/mol. The number of hydrogen-bond donors (Lipinski definition) is 3. The molecule has 0 saturated carbocycles. The van der Waals surface area contributed by atoms with E-state index in [1.54, 1.807) is 12.1 Å². The minimum atomic E-state index is -0.278. The van der Waals surface area contributed by atoms with Gasteiger partial charge in [0.15, 0.2) is 0 Å². The van der Waals surface area contributed by atoms with Crippen LogP contribution in [0.25, 0.3) is 0 Å². The molecule has 0 aromatic heterocycles. The summed E-state index contributed by atoms with van der Waals surface area (Å²) in [5, 5.41) is 9.05. The molecule has 3 rings (SSSR count). The lowest BCUT2D eigenvalue weighted by Crippen LogP contribution is -2.47. The second-order valence-corrected chi connectivity index (χ2v) is 6.19. The maximum atomic E-state index is 12.0. The number of nitrogens with one attached hydrogen (secondary N) is 3. The summed E-state index contributed by atoms with van der Waals surface area (Å²) >= 11 is 5.83. The largest absolute Gasteiger partial charge is 0.360 e. The number of rotatable bonds is 4. The SMILES string of the molecule is O=C1CN(c2ccc(NC(=O)NCc3ccc(Cl)cc3)cc2)CCN1. The van der Waals surface area contributed by atoms with Crippen LogP contribution in [0.5, 0.6) is 0 Å². The molecule has 2 aromatic rings. The molecule has 2 aromatic carbocycles. The lowest BCUT2D eigenvalue weighted by Gasteiger charge is -2.28. The van der Waals surface area contributed by atoms with Crippen molar-refractivity contribution in [1.29, 1.82) is 0 Å². The molecule has 1 fully saturated rings. The van der Waals surface area contributed by atoms with Crippen LogP contribution in [0, 0.1) is 0 Å². The Bertz CT molecular complexity index is 747. The number of benzene rings is 2. The Balaban J connectivity index is 1.51. The van der Waals surface area contributed by atoms with E-state index in [1.807, 2.05) is 41.3 Å². The van der Waals surface area contributed by atoms with Gasteiger partial charge in [0, 0.05) is 36.0 Å². The first-order chi connectivity index (χ1) is 12.1. The van der Waals surface area contributed by atoms with Crippen LogP contribution in [0.15, 0.2) is 48.5 Å². The van der Waals surface area contributed by atoms with Gasteiger partial charge in [-0.2, -0.15) is 0 Å². The van der Waals surface area contributed by atoms with E-state index in [2.05, 4.69) is 16.0 Å². The van der Waals surface area contributed by atoms with Crippen LogP contribution in [0.1, 0.15) is 5.56 Å². The number of hydrogen-bond acceptors (Lipinski definition) is 3. The predicted octanol–water partition coefficient (Wildman–Crippen LogP) is 2.60. The Morgan fingerprint density at radius 2 is 1.84 bits per heavy atom. The number of anilines is 2. The second kappa shape index (κ2) is 7.90. The summed E-state index contributed by atoms with van der Waals surface area (Å²) in [4.78, 5) is 25.4. The van der Waals surface area contributed by atoms with Crippen molar-refractivity contribution in [3.8, 4) is 0 Å². The van der Waals surface area contributed by atoms with E-state index in [0.717, 1.165) is 17.8 Å². The second-order valence-electron chi connectivity index (χ2n) is 5.75. The predicted molar refractivity (Wildman–Crippen MR) is 99.0 cm³/mol. The lowest BCUT2D eigenvalue weighted by molar-refractivity contribution is -0.120. The number of carbonyl (C=O) groups is 2. The highest BCUT2D eigenvalue weighted by Crippen LogP contribution is 2.18. The van der Waals surface area contributed by atoms with Gasteiger partial charge in [0.1, 0.15) is 0 Å². The molecule has 0 unspecified atom stereocenters. The molecule has 130 valence electrons. The molecule has 25 heavy (non-hydrogen) atoms. The molecule has 0 radical (unpaired) electrons. The van der Waals surface area contributed by atoms with E-state index in [0.29, 0.717) is 30.3 Å². The van der Waals surface area contributed by atoms with E-state index >= 15 is 0 Å². The number of halogens is 1. The fourth-order valence-electron chi connectivity index (χ4n) is 2.57. The van der Waals surface area contributed by atoms with Gasteiger partial charge >= 0.3 is 6.03 Å². The van der Waals surface area contributed by atoms with Crippen LogP contribution in [-0.2, 0) is 11.3 Å². The zero-order valence-corrected chi connectivity index (χ0v) is 14.3. The molecule has 7 heteroatoms. The molecule has 0 spiro atoms. The Labute approximate surface area is 151 Å². The Hall–Kier alpha value is -2.73. The highest BCUT2D eigenvalue weighted by Gasteiger charge is 2.16. The summed E-state index contributed by atoms with van der Waals surface area (Å²) in [6, 6.07) is 14.5. The van der Waals surface area contributed by atoms with Crippen LogP contribution >= 0.6 is 11.6 Å². The van der Waals surface area contributed by atoms with Crippen molar-refractivity contribution in [1.82, 2.24) is 10.6 Å². The van der Waals surface area contributed by atoms with E-state index in [4.69, 9.17) is 11.6 Å². The Morgan fingerprint density at radius 1 is 1.12 bits per heavy atom. The quantitative estimate of drug-likeness (QED) is 0.786. The first-order valence-corrected chi connectivity index (χ1v) is 8.39. The summed E-state index contributed by atoms with van der Waals surface area (Å²) in [6.07, 6.45) is 0. The van der Waals surface area contributed by atoms with Crippen molar-refractivity contribution in [2.24, 2.45) is 0 Å². The highest BCUT2D eigenvalue weighted by molar-refractivity contribution is 6.30. The van der Waals surface area contributed by atoms with Crippen LogP contribution in [0.4, 0.5) is 16.2 Å².